The Kier molecular flexibility index (Phi) is 8.05. The maximum Gasteiger partial charge on any atom is 0.0634 e. The Morgan fingerprint density at radius 1 is 0.381 bits per heavy atom. The molecule has 0 heterocycles. The molecule has 0 amide bonds. The number of hydrogen-bond donors (Lipinski definition) is 2. The summed E-state index contributed by atoms with van der Waals surface area (Å²) in [6.45, 7) is 0. The highest BCUT2D eigenvalue weighted by atomic mass is 14.9. The molecule has 0 unspecified atom stereocenters. The van der Waals surface area contributed by atoms with Gasteiger partial charge in [-0.3, -0.25) is 0 Å². The van der Waals surface area contributed by atoms with Crippen molar-refractivity contribution in [3.05, 3.63) is 106 Å². The van der Waals surface area contributed by atoms with Crippen molar-refractivity contribution < 1.29 is 0 Å². The molecule has 2 nitrogen and oxygen atoms in total. The van der Waals surface area contributed by atoms with Gasteiger partial charge in [-0.2, -0.15) is 0 Å². The van der Waals surface area contributed by atoms with Crippen molar-refractivity contribution in [3.8, 4) is 0 Å². The Balaban J connectivity index is 1.25. The maximum absolute atomic E-state index is 7.42. The third-order valence-corrected chi connectivity index (χ3v) is 12.3. The summed E-state index contributed by atoms with van der Waals surface area (Å²) >= 11 is 0. The lowest BCUT2D eigenvalue weighted by Gasteiger charge is -2.50. The molecule has 0 saturated heterocycles. The average molecular weight is 561 g/mol. The third kappa shape index (κ3) is 5.50. The summed E-state index contributed by atoms with van der Waals surface area (Å²) in [4.78, 5) is 0. The molecule has 3 aromatic rings. The molecule has 10 rings (SSSR count). The van der Waals surface area contributed by atoms with Gasteiger partial charge in [-0.05, 0) is 121 Å². The highest BCUT2D eigenvalue weighted by Gasteiger charge is 2.50. The Bertz CT molecular complexity index is 1220. The summed E-state index contributed by atoms with van der Waals surface area (Å²) in [6, 6.07) is 28.6. The third-order valence-electron chi connectivity index (χ3n) is 12.3. The van der Waals surface area contributed by atoms with Gasteiger partial charge < -0.3 is 11.5 Å². The second-order valence-corrected chi connectivity index (χ2v) is 14.8. The molecule has 6 bridgehead atoms. The van der Waals surface area contributed by atoms with Gasteiger partial charge in [0.15, 0.2) is 0 Å². The van der Waals surface area contributed by atoms with Gasteiger partial charge in [0.1, 0.15) is 0 Å². The van der Waals surface area contributed by atoms with Crippen LogP contribution in [-0.2, 0) is 36.8 Å². The fraction of sp³-hybridized carbons (Fsp3) is 0.550. The lowest BCUT2D eigenvalue weighted by Crippen LogP contribution is -2.62. The molecule has 42 heavy (non-hydrogen) atoms. The number of nitrogens with two attached hydrogens (primary N) is 2. The van der Waals surface area contributed by atoms with E-state index in [9.17, 15) is 0 Å². The van der Waals surface area contributed by atoms with Gasteiger partial charge in [0.25, 0.3) is 0 Å². The molecule has 222 valence electrons. The first-order valence-corrected chi connectivity index (χ1v) is 17.3. The Morgan fingerprint density at radius 3 is 0.929 bits per heavy atom. The van der Waals surface area contributed by atoms with Crippen LogP contribution < -0.4 is 11.5 Å². The topological polar surface area (TPSA) is 52.0 Å². The molecular weight excluding hydrogens is 508 g/mol. The van der Waals surface area contributed by atoms with Gasteiger partial charge in [-0.15, -0.1) is 0 Å². The average Bonchev–Trinajstić information content (AvgIpc) is 3.02. The van der Waals surface area contributed by atoms with Gasteiger partial charge in [0, 0.05) is 0 Å². The standard InChI is InChI=1S/C40H52N2/c41-39-23-5-6-24-40(39,42)38-21-17-32(18-22-38)28-36-10-4-2-8-34(36)26-30-13-11-29(12-14-30)25-33-7-1-3-9-35(33)27-31-15-19-37(39)20-16-31/h11-22,33-36H,1-10,23-28,41-42H2/t33-,34-,35-,36-,39-,40-/m0/s1. The number of benzene rings is 3. The minimum Gasteiger partial charge on any atom is -0.320 e. The van der Waals surface area contributed by atoms with Gasteiger partial charge >= 0.3 is 0 Å². The molecule has 3 fully saturated rings. The zero-order chi connectivity index (χ0) is 28.6. The van der Waals surface area contributed by atoms with E-state index >= 15 is 0 Å². The van der Waals surface area contributed by atoms with Crippen LogP contribution in [0.25, 0.3) is 0 Å². The van der Waals surface area contributed by atoms with E-state index < -0.39 is 11.1 Å². The molecule has 7 aliphatic carbocycles. The molecule has 0 aromatic heterocycles. The Morgan fingerprint density at radius 2 is 0.643 bits per heavy atom. The predicted octanol–water partition coefficient (Wildman–Crippen LogP) is 8.77. The minimum absolute atomic E-state index is 0.546. The van der Waals surface area contributed by atoms with E-state index in [2.05, 4.69) is 72.8 Å². The second kappa shape index (κ2) is 11.9. The summed E-state index contributed by atoms with van der Waals surface area (Å²) in [6.07, 6.45) is 20.0. The molecule has 0 aliphatic heterocycles. The van der Waals surface area contributed by atoms with Crippen LogP contribution in [-0.4, -0.2) is 0 Å². The fourth-order valence-electron chi connectivity index (χ4n) is 9.60. The Hall–Kier alpha value is -2.42. The summed E-state index contributed by atoms with van der Waals surface area (Å²) in [5.74, 6) is 3.09. The normalized spacial score (nSPS) is 33.6. The predicted molar refractivity (Wildman–Crippen MR) is 175 cm³/mol. The van der Waals surface area contributed by atoms with E-state index in [0.717, 1.165) is 49.4 Å². The molecule has 6 atom stereocenters. The zero-order valence-electron chi connectivity index (χ0n) is 25.7. The van der Waals surface area contributed by atoms with Crippen molar-refractivity contribution in [2.24, 2.45) is 35.1 Å². The lowest BCUT2D eigenvalue weighted by atomic mass is 9.61. The van der Waals surface area contributed by atoms with Crippen LogP contribution in [0.4, 0.5) is 0 Å². The number of fused-ring (bicyclic) bond motifs is 3. The molecule has 2 heteroatoms. The largest absolute Gasteiger partial charge is 0.320 e. The van der Waals surface area contributed by atoms with Gasteiger partial charge in [0.2, 0.25) is 0 Å². The molecule has 0 spiro atoms. The van der Waals surface area contributed by atoms with E-state index in [1.807, 2.05) is 0 Å². The molecule has 4 N–H and O–H groups in total. The fourth-order valence-corrected chi connectivity index (χ4v) is 9.60. The smallest absolute Gasteiger partial charge is 0.0634 e. The van der Waals surface area contributed by atoms with Crippen LogP contribution in [0.5, 0.6) is 0 Å². The SMILES string of the molecule is N[C@]12CCCC[C@]1(N)c1ccc(cc1)C[C@@H]1CCCC[C@H]1Cc1ccc(cc1)C[C@@H]1CCCC[C@H]1Cc1ccc2cc1. The van der Waals surface area contributed by atoms with Crippen LogP contribution >= 0.6 is 0 Å². The van der Waals surface area contributed by atoms with Crippen LogP contribution in [0.2, 0.25) is 0 Å². The van der Waals surface area contributed by atoms with Crippen LogP contribution in [0.3, 0.4) is 0 Å². The monoisotopic (exact) mass is 560 g/mol. The molecule has 3 aromatic carbocycles. The number of hydrogen-bond acceptors (Lipinski definition) is 2. The van der Waals surface area contributed by atoms with E-state index in [-0.39, 0.29) is 0 Å². The molecule has 7 aliphatic rings. The van der Waals surface area contributed by atoms with Crippen molar-refractivity contribution in [1.82, 2.24) is 0 Å². The summed E-state index contributed by atoms with van der Waals surface area (Å²) in [5.41, 5.74) is 22.2. The van der Waals surface area contributed by atoms with Gasteiger partial charge in [-0.1, -0.05) is 111 Å². The maximum atomic E-state index is 7.42. The zero-order valence-corrected chi connectivity index (χ0v) is 25.7. The second-order valence-electron chi connectivity index (χ2n) is 14.8. The van der Waals surface area contributed by atoms with Crippen molar-refractivity contribution >= 4 is 0 Å². The highest BCUT2D eigenvalue weighted by molar-refractivity contribution is 5.40. The molecule has 3 saturated carbocycles. The first-order valence-electron chi connectivity index (χ1n) is 17.3. The van der Waals surface area contributed by atoms with E-state index in [0.29, 0.717) is 0 Å². The molecular formula is C40H52N2. The number of rotatable bonds is 0. The quantitative estimate of drug-likeness (QED) is 0.289. The van der Waals surface area contributed by atoms with Crippen LogP contribution in [0.15, 0.2) is 72.8 Å². The van der Waals surface area contributed by atoms with E-state index in [4.69, 9.17) is 11.5 Å². The molecule has 0 radical (unpaired) electrons. The van der Waals surface area contributed by atoms with Crippen molar-refractivity contribution in [2.45, 2.75) is 114 Å². The summed E-state index contributed by atoms with van der Waals surface area (Å²) in [7, 11) is 0. The Labute approximate surface area is 254 Å². The highest BCUT2D eigenvalue weighted by Crippen LogP contribution is 2.48. The van der Waals surface area contributed by atoms with E-state index in [1.54, 1.807) is 0 Å². The van der Waals surface area contributed by atoms with Gasteiger partial charge in [-0.25, -0.2) is 0 Å². The van der Waals surface area contributed by atoms with Crippen molar-refractivity contribution in [1.29, 1.82) is 0 Å². The first-order chi connectivity index (χ1) is 20.5. The van der Waals surface area contributed by atoms with Crippen molar-refractivity contribution in [2.75, 3.05) is 0 Å². The van der Waals surface area contributed by atoms with E-state index in [1.165, 1.54) is 110 Å². The summed E-state index contributed by atoms with van der Waals surface area (Å²) < 4.78 is 0. The van der Waals surface area contributed by atoms with Crippen LogP contribution in [0, 0.1) is 23.7 Å². The summed E-state index contributed by atoms with van der Waals surface area (Å²) in [5, 5.41) is 0. The van der Waals surface area contributed by atoms with Gasteiger partial charge in [0.05, 0.1) is 11.1 Å². The first kappa shape index (κ1) is 28.4. The van der Waals surface area contributed by atoms with Crippen LogP contribution in [0.1, 0.15) is 110 Å². The minimum atomic E-state index is -0.546. The lowest BCUT2D eigenvalue weighted by molar-refractivity contribution is 0.146. The van der Waals surface area contributed by atoms with Crippen molar-refractivity contribution in [3.63, 3.8) is 0 Å².